The number of fused-ring (bicyclic) bond motifs is 3. The lowest BCUT2D eigenvalue weighted by Crippen LogP contribution is -2.32. The molecule has 0 saturated heterocycles. The fraction of sp³-hybridized carbons (Fsp3) is 0.316. The molecule has 2 atom stereocenters. The van der Waals surface area contributed by atoms with E-state index < -0.39 is 6.10 Å². The van der Waals surface area contributed by atoms with Crippen molar-refractivity contribution in [2.45, 2.75) is 38.8 Å². The summed E-state index contributed by atoms with van der Waals surface area (Å²) in [6, 6.07) is 12.1. The van der Waals surface area contributed by atoms with Gasteiger partial charge in [0.15, 0.2) is 5.65 Å². The Morgan fingerprint density at radius 3 is 2.78 bits per heavy atom. The molecule has 0 saturated carbocycles. The zero-order valence-electron chi connectivity index (χ0n) is 13.5. The molecule has 1 aliphatic rings. The largest absolute Gasteiger partial charge is 0.390 e. The average Bonchev–Trinajstić information content (AvgIpc) is 2.90. The number of aliphatic hydroxyl groups is 1. The van der Waals surface area contributed by atoms with Gasteiger partial charge in [0, 0.05) is 18.3 Å². The Morgan fingerprint density at radius 1 is 1.26 bits per heavy atom. The smallest absolute Gasteiger partial charge is 0.161 e. The van der Waals surface area contributed by atoms with Crippen molar-refractivity contribution in [3.05, 3.63) is 65.1 Å². The van der Waals surface area contributed by atoms with Gasteiger partial charge in [-0.25, -0.2) is 4.98 Å². The van der Waals surface area contributed by atoms with Gasteiger partial charge >= 0.3 is 0 Å². The fourth-order valence-corrected chi connectivity index (χ4v) is 3.62. The van der Waals surface area contributed by atoms with Crippen molar-refractivity contribution < 1.29 is 5.11 Å². The standard InChI is InChI=1S/C19H21N3O/c1-3-15-12(2)20-19-18-14(9-10-22(15)19)11-16(23)17(21-18)13-7-5-4-6-8-13/h4-10,16-17,21,23H,3,11H2,1-2H3/t16?,17-/m1/s1. The Morgan fingerprint density at radius 2 is 2.04 bits per heavy atom. The quantitative estimate of drug-likeness (QED) is 0.764. The van der Waals surface area contributed by atoms with Crippen LogP contribution in [0.25, 0.3) is 5.65 Å². The van der Waals surface area contributed by atoms with Gasteiger partial charge in [-0.3, -0.25) is 0 Å². The number of nitrogens with one attached hydrogen (secondary N) is 1. The van der Waals surface area contributed by atoms with E-state index in [0.717, 1.165) is 34.6 Å². The summed E-state index contributed by atoms with van der Waals surface area (Å²) in [5.41, 5.74) is 6.56. The maximum Gasteiger partial charge on any atom is 0.161 e. The minimum Gasteiger partial charge on any atom is -0.390 e. The number of anilines is 1. The van der Waals surface area contributed by atoms with Crippen LogP contribution >= 0.6 is 0 Å². The Bertz CT molecular complexity index is 854. The van der Waals surface area contributed by atoms with E-state index in [4.69, 9.17) is 4.98 Å². The van der Waals surface area contributed by atoms with Gasteiger partial charge in [-0.2, -0.15) is 0 Å². The van der Waals surface area contributed by atoms with E-state index in [9.17, 15) is 5.11 Å². The molecule has 1 aliphatic heterocycles. The Balaban J connectivity index is 1.85. The molecule has 23 heavy (non-hydrogen) atoms. The first-order valence-electron chi connectivity index (χ1n) is 8.18. The van der Waals surface area contributed by atoms with Crippen molar-refractivity contribution >= 4 is 11.3 Å². The molecule has 0 bridgehead atoms. The van der Waals surface area contributed by atoms with Crippen LogP contribution in [-0.2, 0) is 12.8 Å². The van der Waals surface area contributed by atoms with Crippen LogP contribution in [0.15, 0.2) is 42.6 Å². The predicted octanol–water partition coefficient (Wildman–Crippen LogP) is 3.28. The molecule has 2 aromatic heterocycles. The highest BCUT2D eigenvalue weighted by Crippen LogP contribution is 2.36. The molecule has 0 radical (unpaired) electrons. The van der Waals surface area contributed by atoms with Crippen LogP contribution in [0.4, 0.5) is 5.69 Å². The molecular formula is C19H21N3O. The molecule has 3 aromatic rings. The highest BCUT2D eigenvalue weighted by atomic mass is 16.3. The van der Waals surface area contributed by atoms with Gasteiger partial charge in [-0.15, -0.1) is 0 Å². The summed E-state index contributed by atoms with van der Waals surface area (Å²) in [6.45, 7) is 4.21. The molecule has 0 aliphatic carbocycles. The highest BCUT2D eigenvalue weighted by Gasteiger charge is 2.29. The van der Waals surface area contributed by atoms with Gasteiger partial charge in [-0.05, 0) is 30.5 Å². The minimum absolute atomic E-state index is 0.100. The van der Waals surface area contributed by atoms with Gasteiger partial charge in [0.25, 0.3) is 0 Å². The van der Waals surface area contributed by atoms with E-state index in [1.807, 2.05) is 18.2 Å². The van der Waals surface area contributed by atoms with Gasteiger partial charge in [0.1, 0.15) is 0 Å². The molecule has 0 spiro atoms. The lowest BCUT2D eigenvalue weighted by atomic mass is 9.91. The van der Waals surface area contributed by atoms with Crippen LogP contribution in [0, 0.1) is 6.92 Å². The van der Waals surface area contributed by atoms with Crippen LogP contribution in [0.2, 0.25) is 0 Å². The summed E-state index contributed by atoms with van der Waals surface area (Å²) < 4.78 is 2.17. The Kier molecular flexibility index (Phi) is 3.34. The van der Waals surface area contributed by atoms with Crippen LogP contribution in [0.5, 0.6) is 0 Å². The second-order valence-corrected chi connectivity index (χ2v) is 6.21. The third-order valence-electron chi connectivity index (χ3n) is 4.79. The number of aromatic nitrogens is 2. The predicted molar refractivity (Wildman–Crippen MR) is 91.8 cm³/mol. The zero-order valence-corrected chi connectivity index (χ0v) is 13.5. The van der Waals surface area contributed by atoms with E-state index in [2.05, 4.69) is 48.0 Å². The maximum atomic E-state index is 10.6. The van der Waals surface area contributed by atoms with Crippen molar-refractivity contribution in [2.24, 2.45) is 0 Å². The molecule has 2 N–H and O–H groups in total. The monoisotopic (exact) mass is 307 g/mol. The summed E-state index contributed by atoms with van der Waals surface area (Å²) in [7, 11) is 0. The third kappa shape index (κ3) is 2.21. The van der Waals surface area contributed by atoms with Crippen LogP contribution < -0.4 is 5.32 Å². The first-order valence-corrected chi connectivity index (χ1v) is 8.18. The fourth-order valence-electron chi connectivity index (χ4n) is 3.62. The van der Waals surface area contributed by atoms with Crippen molar-refractivity contribution in [3.63, 3.8) is 0 Å². The maximum absolute atomic E-state index is 10.6. The summed E-state index contributed by atoms with van der Waals surface area (Å²) in [5.74, 6) is 0. The van der Waals surface area contributed by atoms with Crippen molar-refractivity contribution in [3.8, 4) is 0 Å². The minimum atomic E-state index is -0.436. The second-order valence-electron chi connectivity index (χ2n) is 6.21. The number of aryl methyl sites for hydroxylation is 2. The molecule has 118 valence electrons. The summed E-state index contributed by atoms with van der Waals surface area (Å²) >= 11 is 0. The normalized spacial score (nSPS) is 20.3. The number of hydrogen-bond donors (Lipinski definition) is 2. The number of hydrogen-bond acceptors (Lipinski definition) is 3. The average molecular weight is 307 g/mol. The van der Waals surface area contributed by atoms with E-state index >= 15 is 0 Å². The van der Waals surface area contributed by atoms with Crippen LogP contribution in [0.1, 0.15) is 35.5 Å². The Hall–Kier alpha value is -2.33. The molecule has 1 aromatic carbocycles. The summed E-state index contributed by atoms with van der Waals surface area (Å²) in [6.07, 6.45) is 3.24. The number of rotatable bonds is 2. The second kappa shape index (κ2) is 5.39. The topological polar surface area (TPSA) is 49.6 Å². The van der Waals surface area contributed by atoms with E-state index in [1.165, 1.54) is 5.69 Å². The molecule has 3 heterocycles. The molecule has 1 unspecified atom stereocenters. The zero-order chi connectivity index (χ0) is 16.0. The molecule has 0 amide bonds. The van der Waals surface area contributed by atoms with Crippen molar-refractivity contribution in [1.82, 2.24) is 9.38 Å². The van der Waals surface area contributed by atoms with Gasteiger partial charge < -0.3 is 14.8 Å². The van der Waals surface area contributed by atoms with E-state index in [-0.39, 0.29) is 6.04 Å². The lowest BCUT2D eigenvalue weighted by Gasteiger charge is -2.32. The van der Waals surface area contributed by atoms with Gasteiger partial charge in [0.2, 0.25) is 0 Å². The SMILES string of the molecule is CCc1c(C)nc2c3c(ccn12)CC(O)[C@@H](c1ccccc1)N3. The van der Waals surface area contributed by atoms with Gasteiger partial charge in [0.05, 0.1) is 23.5 Å². The molecule has 4 rings (SSSR count). The van der Waals surface area contributed by atoms with Crippen LogP contribution in [0.3, 0.4) is 0 Å². The number of imidazole rings is 1. The van der Waals surface area contributed by atoms with Gasteiger partial charge in [-0.1, -0.05) is 37.3 Å². The molecular weight excluding hydrogens is 286 g/mol. The first-order chi connectivity index (χ1) is 11.2. The summed E-state index contributed by atoms with van der Waals surface area (Å²) in [5, 5.41) is 14.1. The molecule has 0 fully saturated rings. The number of pyridine rings is 1. The lowest BCUT2D eigenvalue weighted by molar-refractivity contribution is 0.148. The molecule has 4 nitrogen and oxygen atoms in total. The van der Waals surface area contributed by atoms with E-state index in [1.54, 1.807) is 0 Å². The number of benzene rings is 1. The van der Waals surface area contributed by atoms with Crippen LogP contribution in [-0.4, -0.2) is 20.6 Å². The first kappa shape index (κ1) is 14.3. The molecule has 4 heteroatoms. The number of nitrogens with zero attached hydrogens (tertiary/aromatic N) is 2. The highest BCUT2D eigenvalue weighted by molar-refractivity contribution is 5.74. The van der Waals surface area contributed by atoms with Crippen molar-refractivity contribution in [1.29, 1.82) is 0 Å². The summed E-state index contributed by atoms with van der Waals surface area (Å²) in [4.78, 5) is 4.77. The number of aliphatic hydroxyl groups excluding tert-OH is 1. The third-order valence-corrected chi connectivity index (χ3v) is 4.79. The van der Waals surface area contributed by atoms with Crippen molar-refractivity contribution in [2.75, 3.05) is 5.32 Å². The Labute approximate surface area is 135 Å². The van der Waals surface area contributed by atoms with E-state index in [0.29, 0.717) is 6.42 Å².